The molecule has 4 nitrogen and oxygen atoms in total. The lowest BCUT2D eigenvalue weighted by Crippen LogP contribution is -2.40. The van der Waals surface area contributed by atoms with Crippen molar-refractivity contribution in [3.05, 3.63) is 30.5 Å². The number of H-pyrrole nitrogens is 1. The molecule has 1 fully saturated rings. The van der Waals surface area contributed by atoms with Gasteiger partial charge in [-0.05, 0) is 50.6 Å². The van der Waals surface area contributed by atoms with E-state index in [1.54, 1.807) is 0 Å². The number of benzene rings is 1. The predicted octanol–water partition coefficient (Wildman–Crippen LogP) is 2.92. The van der Waals surface area contributed by atoms with Crippen molar-refractivity contribution in [2.45, 2.75) is 25.8 Å². The van der Waals surface area contributed by atoms with Gasteiger partial charge in [0.25, 0.3) is 0 Å². The first-order valence-corrected chi connectivity index (χ1v) is 6.84. The van der Waals surface area contributed by atoms with Crippen molar-refractivity contribution in [1.29, 1.82) is 0 Å². The maximum absolute atomic E-state index is 12.2. The number of nitrogens with one attached hydrogen (secondary N) is 3. The quantitative estimate of drug-likeness (QED) is 0.797. The molecule has 2 heterocycles. The smallest absolute Gasteiger partial charge is 0.227 e. The third-order valence-corrected chi connectivity index (χ3v) is 3.82. The molecule has 2 atom stereocenters. The predicted molar refractivity (Wildman–Crippen MR) is 84.4 cm³/mol. The lowest BCUT2D eigenvalue weighted by molar-refractivity contribution is -0.120. The summed E-state index contributed by atoms with van der Waals surface area (Å²) in [5.74, 6) is 0.265. The van der Waals surface area contributed by atoms with Crippen LogP contribution in [-0.2, 0) is 4.79 Å². The van der Waals surface area contributed by atoms with Crippen LogP contribution in [0.4, 0.5) is 5.69 Å². The topological polar surface area (TPSA) is 56.9 Å². The van der Waals surface area contributed by atoms with Crippen molar-refractivity contribution in [3.63, 3.8) is 0 Å². The Hall–Kier alpha value is -1.52. The third-order valence-electron chi connectivity index (χ3n) is 3.82. The molecule has 0 radical (unpaired) electrons. The van der Waals surface area contributed by atoms with Gasteiger partial charge in [-0.25, -0.2) is 0 Å². The first-order valence-electron chi connectivity index (χ1n) is 6.84. The summed E-state index contributed by atoms with van der Waals surface area (Å²) >= 11 is 0. The minimum absolute atomic E-state index is 0. The molecule has 0 saturated carbocycles. The largest absolute Gasteiger partial charge is 0.361 e. The Balaban J connectivity index is 0.00000147. The van der Waals surface area contributed by atoms with Gasteiger partial charge < -0.3 is 15.6 Å². The van der Waals surface area contributed by atoms with E-state index in [4.69, 9.17) is 0 Å². The summed E-state index contributed by atoms with van der Waals surface area (Å²) in [6.45, 7) is 3.06. The summed E-state index contributed by atoms with van der Waals surface area (Å²) in [7, 11) is 0. The van der Waals surface area contributed by atoms with Crippen molar-refractivity contribution in [3.8, 4) is 0 Å². The Morgan fingerprint density at radius 2 is 2.20 bits per heavy atom. The molecular weight excluding hydrogens is 274 g/mol. The van der Waals surface area contributed by atoms with Crippen LogP contribution in [0.5, 0.6) is 0 Å². The van der Waals surface area contributed by atoms with Crippen LogP contribution >= 0.6 is 12.4 Å². The number of fused-ring (bicyclic) bond motifs is 1. The summed E-state index contributed by atoms with van der Waals surface area (Å²) < 4.78 is 0. The van der Waals surface area contributed by atoms with Crippen LogP contribution in [0.2, 0.25) is 0 Å². The van der Waals surface area contributed by atoms with E-state index in [1.807, 2.05) is 30.5 Å². The zero-order valence-corrected chi connectivity index (χ0v) is 12.3. The minimum atomic E-state index is 0. The molecule has 108 valence electrons. The standard InChI is InChI=1S/C15H19N3O.ClH/c1-10-8-12(5-6-16-10)15(19)18-13-2-3-14-11(9-13)4-7-17-14;/h2-4,7,9-10,12,16-17H,5-6,8H2,1H3,(H,18,19);1H/t10-,12-;/m0./s1. The number of rotatable bonds is 2. The number of amides is 1. The highest BCUT2D eigenvalue weighted by Crippen LogP contribution is 2.21. The molecule has 1 aliphatic heterocycles. The van der Waals surface area contributed by atoms with Gasteiger partial charge in [-0.1, -0.05) is 0 Å². The van der Waals surface area contributed by atoms with E-state index in [1.165, 1.54) is 0 Å². The number of carbonyl (C=O) groups is 1. The Morgan fingerprint density at radius 3 is 3.00 bits per heavy atom. The van der Waals surface area contributed by atoms with Crippen molar-refractivity contribution in [2.24, 2.45) is 5.92 Å². The van der Waals surface area contributed by atoms with Gasteiger partial charge >= 0.3 is 0 Å². The molecule has 1 aliphatic rings. The molecule has 1 aromatic carbocycles. The number of halogens is 1. The average molecular weight is 294 g/mol. The van der Waals surface area contributed by atoms with Crippen LogP contribution in [0, 0.1) is 5.92 Å². The monoisotopic (exact) mass is 293 g/mol. The maximum atomic E-state index is 12.2. The maximum Gasteiger partial charge on any atom is 0.227 e. The van der Waals surface area contributed by atoms with Gasteiger partial charge in [-0.2, -0.15) is 0 Å². The first kappa shape index (κ1) is 14.9. The fourth-order valence-electron chi connectivity index (χ4n) is 2.75. The highest BCUT2D eigenvalue weighted by atomic mass is 35.5. The van der Waals surface area contributed by atoms with Crippen molar-refractivity contribution >= 4 is 34.9 Å². The van der Waals surface area contributed by atoms with Crippen LogP contribution < -0.4 is 10.6 Å². The Morgan fingerprint density at radius 1 is 1.35 bits per heavy atom. The van der Waals surface area contributed by atoms with Crippen molar-refractivity contribution in [2.75, 3.05) is 11.9 Å². The van der Waals surface area contributed by atoms with Gasteiger partial charge in [-0.15, -0.1) is 12.4 Å². The van der Waals surface area contributed by atoms with Gasteiger partial charge in [0.05, 0.1) is 0 Å². The Kier molecular flexibility index (Phi) is 4.68. The fraction of sp³-hybridized carbons (Fsp3) is 0.400. The highest BCUT2D eigenvalue weighted by molar-refractivity contribution is 5.95. The van der Waals surface area contributed by atoms with E-state index in [2.05, 4.69) is 22.5 Å². The number of hydrogen-bond acceptors (Lipinski definition) is 2. The van der Waals surface area contributed by atoms with Crippen LogP contribution in [0.15, 0.2) is 30.5 Å². The number of hydrogen-bond donors (Lipinski definition) is 3. The van der Waals surface area contributed by atoms with E-state index in [-0.39, 0.29) is 24.2 Å². The third kappa shape index (κ3) is 3.14. The Bertz CT molecular complexity index is 596. The fourth-order valence-corrected chi connectivity index (χ4v) is 2.75. The van der Waals surface area contributed by atoms with E-state index in [9.17, 15) is 4.79 Å². The van der Waals surface area contributed by atoms with Gasteiger partial charge in [0.1, 0.15) is 0 Å². The lowest BCUT2D eigenvalue weighted by atomic mass is 9.92. The van der Waals surface area contributed by atoms with Crippen LogP contribution in [-0.4, -0.2) is 23.5 Å². The SMILES string of the molecule is C[C@H]1C[C@@H](C(=O)Nc2ccc3[nH]ccc3c2)CCN1.Cl. The summed E-state index contributed by atoms with van der Waals surface area (Å²) in [6, 6.07) is 8.39. The molecule has 1 saturated heterocycles. The molecule has 1 aromatic heterocycles. The van der Waals surface area contributed by atoms with Crippen molar-refractivity contribution < 1.29 is 4.79 Å². The van der Waals surface area contributed by atoms with E-state index >= 15 is 0 Å². The molecule has 5 heteroatoms. The number of aromatic nitrogens is 1. The second kappa shape index (κ2) is 6.29. The number of anilines is 1. The normalized spacial score (nSPS) is 22.2. The number of aromatic amines is 1. The summed E-state index contributed by atoms with van der Waals surface area (Å²) in [5.41, 5.74) is 1.97. The Labute approximate surface area is 124 Å². The molecule has 2 aromatic rings. The zero-order chi connectivity index (χ0) is 13.2. The van der Waals surface area contributed by atoms with Gasteiger partial charge in [-0.3, -0.25) is 4.79 Å². The summed E-state index contributed by atoms with van der Waals surface area (Å²) in [6.07, 6.45) is 3.74. The molecular formula is C15H20ClN3O. The van der Waals surface area contributed by atoms with Gasteiger partial charge in [0, 0.05) is 34.7 Å². The highest BCUT2D eigenvalue weighted by Gasteiger charge is 2.24. The summed E-state index contributed by atoms with van der Waals surface area (Å²) in [4.78, 5) is 15.4. The zero-order valence-electron chi connectivity index (χ0n) is 11.5. The van der Waals surface area contributed by atoms with Crippen molar-refractivity contribution in [1.82, 2.24) is 10.3 Å². The molecule has 3 N–H and O–H groups in total. The van der Waals surface area contributed by atoms with Crippen LogP contribution in [0.1, 0.15) is 19.8 Å². The van der Waals surface area contributed by atoms with E-state index in [0.717, 1.165) is 36.0 Å². The second-order valence-electron chi connectivity index (χ2n) is 5.35. The molecule has 1 amide bonds. The average Bonchev–Trinajstić information content (AvgIpc) is 2.86. The molecule has 0 aliphatic carbocycles. The lowest BCUT2D eigenvalue weighted by Gasteiger charge is -2.27. The van der Waals surface area contributed by atoms with Crippen LogP contribution in [0.3, 0.4) is 0 Å². The molecule has 0 spiro atoms. The van der Waals surface area contributed by atoms with Gasteiger partial charge in [0.15, 0.2) is 0 Å². The second-order valence-corrected chi connectivity index (χ2v) is 5.35. The molecule has 0 bridgehead atoms. The molecule has 20 heavy (non-hydrogen) atoms. The minimum Gasteiger partial charge on any atom is -0.361 e. The van der Waals surface area contributed by atoms with Gasteiger partial charge in [0.2, 0.25) is 5.91 Å². The summed E-state index contributed by atoms with van der Waals surface area (Å²) in [5, 5.41) is 7.52. The number of carbonyl (C=O) groups excluding carboxylic acids is 1. The first-order chi connectivity index (χ1) is 9.22. The van der Waals surface area contributed by atoms with E-state index < -0.39 is 0 Å². The van der Waals surface area contributed by atoms with E-state index in [0.29, 0.717) is 6.04 Å². The molecule has 0 unspecified atom stereocenters. The van der Waals surface area contributed by atoms with Crippen LogP contribution in [0.25, 0.3) is 10.9 Å². The number of piperidine rings is 1. The molecule has 3 rings (SSSR count).